The Kier molecular flexibility index (Phi) is 2.94. The Labute approximate surface area is 115 Å². The van der Waals surface area contributed by atoms with Crippen LogP contribution < -0.4 is 5.32 Å². The lowest BCUT2D eigenvalue weighted by molar-refractivity contribution is 0.312. The van der Waals surface area contributed by atoms with Crippen LogP contribution in [-0.4, -0.2) is 5.54 Å². The lowest BCUT2D eigenvalue weighted by atomic mass is 9.80. The zero-order chi connectivity index (χ0) is 13.5. The maximum Gasteiger partial charge on any atom is 0.0362 e. The number of benzene rings is 2. The van der Waals surface area contributed by atoms with E-state index in [2.05, 4.69) is 62.1 Å². The summed E-state index contributed by atoms with van der Waals surface area (Å²) in [6.45, 7) is 8.47. The van der Waals surface area contributed by atoms with Crippen LogP contribution in [0.25, 0.3) is 10.8 Å². The van der Waals surface area contributed by atoms with E-state index in [4.69, 9.17) is 0 Å². The van der Waals surface area contributed by atoms with Crippen LogP contribution in [0.15, 0.2) is 49.1 Å². The fourth-order valence-corrected chi connectivity index (χ4v) is 3.27. The average molecular weight is 251 g/mol. The molecule has 19 heavy (non-hydrogen) atoms. The predicted octanol–water partition coefficient (Wildman–Crippen LogP) is 4.38. The number of nitrogens with one attached hydrogen (secondary N) is 1. The maximum absolute atomic E-state index is 3.90. The van der Waals surface area contributed by atoms with Crippen molar-refractivity contribution in [3.63, 3.8) is 0 Å². The SMILES string of the molecule is C=CC[C@@H]1NC(C)(C)Cc2c1ccc1ccccc21. The Morgan fingerprint density at radius 3 is 2.84 bits per heavy atom. The molecule has 0 aromatic heterocycles. The Balaban J connectivity index is 2.22. The molecule has 1 nitrogen and oxygen atoms in total. The van der Waals surface area contributed by atoms with Crippen LogP contribution in [0.2, 0.25) is 0 Å². The van der Waals surface area contributed by atoms with Gasteiger partial charge in [0, 0.05) is 11.6 Å². The van der Waals surface area contributed by atoms with Crippen LogP contribution in [0.5, 0.6) is 0 Å². The summed E-state index contributed by atoms with van der Waals surface area (Å²) in [4.78, 5) is 0. The van der Waals surface area contributed by atoms with Gasteiger partial charge in [0.1, 0.15) is 0 Å². The summed E-state index contributed by atoms with van der Waals surface area (Å²) >= 11 is 0. The van der Waals surface area contributed by atoms with E-state index in [-0.39, 0.29) is 5.54 Å². The highest BCUT2D eigenvalue weighted by molar-refractivity contribution is 5.87. The van der Waals surface area contributed by atoms with Crippen molar-refractivity contribution in [2.45, 2.75) is 38.3 Å². The molecule has 0 radical (unpaired) electrons. The van der Waals surface area contributed by atoms with Gasteiger partial charge < -0.3 is 5.32 Å². The van der Waals surface area contributed by atoms with Gasteiger partial charge >= 0.3 is 0 Å². The van der Waals surface area contributed by atoms with Crippen LogP contribution in [0.3, 0.4) is 0 Å². The topological polar surface area (TPSA) is 12.0 Å². The van der Waals surface area contributed by atoms with Gasteiger partial charge in [-0.05, 0) is 48.6 Å². The number of hydrogen-bond donors (Lipinski definition) is 1. The summed E-state index contributed by atoms with van der Waals surface area (Å²) in [7, 11) is 0. The zero-order valence-corrected chi connectivity index (χ0v) is 11.7. The summed E-state index contributed by atoms with van der Waals surface area (Å²) in [5.74, 6) is 0. The Bertz CT molecular complexity index is 625. The Morgan fingerprint density at radius 1 is 1.26 bits per heavy atom. The van der Waals surface area contributed by atoms with E-state index in [1.807, 2.05) is 6.08 Å². The van der Waals surface area contributed by atoms with Gasteiger partial charge in [-0.2, -0.15) is 0 Å². The summed E-state index contributed by atoms with van der Waals surface area (Å²) < 4.78 is 0. The third-order valence-electron chi connectivity index (χ3n) is 4.04. The van der Waals surface area contributed by atoms with Crippen molar-refractivity contribution >= 4 is 10.8 Å². The Hall–Kier alpha value is -1.60. The number of fused-ring (bicyclic) bond motifs is 3. The third-order valence-corrected chi connectivity index (χ3v) is 4.04. The highest BCUT2D eigenvalue weighted by Gasteiger charge is 2.31. The van der Waals surface area contributed by atoms with E-state index < -0.39 is 0 Å². The van der Waals surface area contributed by atoms with Crippen LogP contribution in [0, 0.1) is 0 Å². The Morgan fingerprint density at radius 2 is 2.05 bits per heavy atom. The normalized spacial score (nSPS) is 21.1. The summed E-state index contributed by atoms with van der Waals surface area (Å²) in [6.07, 6.45) is 4.07. The molecule has 1 N–H and O–H groups in total. The van der Waals surface area contributed by atoms with Crippen molar-refractivity contribution in [1.82, 2.24) is 5.32 Å². The minimum absolute atomic E-state index is 0.144. The van der Waals surface area contributed by atoms with Crippen molar-refractivity contribution in [3.05, 3.63) is 60.2 Å². The molecule has 0 spiro atoms. The smallest absolute Gasteiger partial charge is 0.0362 e. The monoisotopic (exact) mass is 251 g/mol. The van der Waals surface area contributed by atoms with E-state index in [0.29, 0.717) is 6.04 Å². The summed E-state index contributed by atoms with van der Waals surface area (Å²) in [6, 6.07) is 13.6. The molecule has 0 saturated heterocycles. The van der Waals surface area contributed by atoms with Crippen molar-refractivity contribution < 1.29 is 0 Å². The summed E-state index contributed by atoms with van der Waals surface area (Å²) in [5, 5.41) is 6.49. The fourth-order valence-electron chi connectivity index (χ4n) is 3.27. The second-order valence-corrected chi connectivity index (χ2v) is 6.14. The second-order valence-electron chi connectivity index (χ2n) is 6.14. The van der Waals surface area contributed by atoms with Gasteiger partial charge in [0.25, 0.3) is 0 Å². The minimum Gasteiger partial charge on any atom is -0.304 e. The lowest BCUT2D eigenvalue weighted by Crippen LogP contribution is -2.47. The van der Waals surface area contributed by atoms with Gasteiger partial charge in [0.05, 0.1) is 0 Å². The molecule has 0 saturated carbocycles. The van der Waals surface area contributed by atoms with E-state index in [1.54, 1.807) is 0 Å². The highest BCUT2D eigenvalue weighted by Crippen LogP contribution is 2.36. The molecule has 2 aromatic carbocycles. The molecule has 1 atom stereocenters. The lowest BCUT2D eigenvalue weighted by Gasteiger charge is -2.39. The molecule has 0 bridgehead atoms. The molecule has 1 aliphatic rings. The first kappa shape index (κ1) is 12.4. The molecule has 1 heteroatoms. The van der Waals surface area contributed by atoms with Crippen molar-refractivity contribution in [2.24, 2.45) is 0 Å². The van der Waals surface area contributed by atoms with Gasteiger partial charge in [-0.1, -0.05) is 42.5 Å². The zero-order valence-electron chi connectivity index (χ0n) is 11.7. The molecule has 0 amide bonds. The van der Waals surface area contributed by atoms with Gasteiger partial charge in [-0.25, -0.2) is 0 Å². The average Bonchev–Trinajstić information content (AvgIpc) is 2.38. The van der Waals surface area contributed by atoms with Gasteiger partial charge in [-0.3, -0.25) is 0 Å². The van der Waals surface area contributed by atoms with Crippen molar-refractivity contribution in [2.75, 3.05) is 0 Å². The highest BCUT2D eigenvalue weighted by atomic mass is 15.0. The quantitative estimate of drug-likeness (QED) is 0.781. The van der Waals surface area contributed by atoms with Gasteiger partial charge in [0.15, 0.2) is 0 Å². The first-order valence-electron chi connectivity index (χ1n) is 7.00. The van der Waals surface area contributed by atoms with Gasteiger partial charge in [-0.15, -0.1) is 6.58 Å². The predicted molar refractivity (Wildman–Crippen MR) is 82.4 cm³/mol. The number of hydrogen-bond acceptors (Lipinski definition) is 1. The van der Waals surface area contributed by atoms with E-state index in [9.17, 15) is 0 Å². The number of rotatable bonds is 2. The van der Waals surface area contributed by atoms with Crippen LogP contribution in [0.1, 0.15) is 37.4 Å². The van der Waals surface area contributed by atoms with E-state index in [1.165, 1.54) is 21.9 Å². The molecule has 1 aliphatic heterocycles. The largest absolute Gasteiger partial charge is 0.304 e. The van der Waals surface area contributed by atoms with Crippen LogP contribution in [0.4, 0.5) is 0 Å². The van der Waals surface area contributed by atoms with Crippen molar-refractivity contribution in [3.8, 4) is 0 Å². The molecular formula is C18H21N. The fraction of sp³-hybridized carbons (Fsp3) is 0.333. The standard InChI is InChI=1S/C18H21N/c1-4-7-17-15-11-10-13-8-5-6-9-14(13)16(15)12-18(2,3)19-17/h4-6,8-11,17,19H,1,7,12H2,2-3H3/t17-/m0/s1. The molecular weight excluding hydrogens is 230 g/mol. The molecule has 2 aromatic rings. The first-order chi connectivity index (χ1) is 9.11. The van der Waals surface area contributed by atoms with E-state index in [0.717, 1.165) is 12.8 Å². The van der Waals surface area contributed by atoms with E-state index >= 15 is 0 Å². The first-order valence-corrected chi connectivity index (χ1v) is 7.00. The molecule has 3 rings (SSSR count). The third kappa shape index (κ3) is 2.19. The summed E-state index contributed by atoms with van der Waals surface area (Å²) in [5.41, 5.74) is 3.09. The molecule has 98 valence electrons. The molecule has 1 heterocycles. The maximum atomic E-state index is 3.90. The second kappa shape index (κ2) is 4.50. The van der Waals surface area contributed by atoms with Gasteiger partial charge in [0.2, 0.25) is 0 Å². The van der Waals surface area contributed by atoms with Crippen molar-refractivity contribution in [1.29, 1.82) is 0 Å². The van der Waals surface area contributed by atoms with Crippen LogP contribution >= 0.6 is 0 Å². The molecule has 0 aliphatic carbocycles. The minimum atomic E-state index is 0.144. The van der Waals surface area contributed by atoms with Crippen LogP contribution in [-0.2, 0) is 6.42 Å². The molecule has 0 fully saturated rings. The molecule has 0 unspecified atom stereocenters.